The summed E-state index contributed by atoms with van der Waals surface area (Å²) in [5.74, 6) is 1.37. The molecule has 2 unspecified atom stereocenters. The van der Waals surface area contributed by atoms with E-state index in [-0.39, 0.29) is 17.9 Å². The molecule has 5 nitrogen and oxygen atoms in total. The van der Waals surface area contributed by atoms with E-state index in [1.54, 1.807) is 6.20 Å². The van der Waals surface area contributed by atoms with E-state index in [2.05, 4.69) is 10.3 Å². The molecule has 2 atom stereocenters. The fraction of sp³-hybridized carbons (Fsp3) is 0.667. The van der Waals surface area contributed by atoms with E-state index < -0.39 is 0 Å². The first kappa shape index (κ1) is 12.1. The lowest BCUT2D eigenvalue weighted by molar-refractivity contribution is -0.125. The summed E-state index contributed by atoms with van der Waals surface area (Å²) >= 11 is 0. The van der Waals surface area contributed by atoms with Crippen LogP contribution in [0.5, 0.6) is 0 Å². The van der Waals surface area contributed by atoms with E-state index >= 15 is 0 Å². The highest BCUT2D eigenvalue weighted by molar-refractivity contribution is 5.79. The lowest BCUT2D eigenvalue weighted by Gasteiger charge is -2.14. The molecule has 1 aliphatic carbocycles. The Hall–Kier alpha value is -1.36. The first-order valence-corrected chi connectivity index (χ1v) is 6.17. The molecule has 0 aliphatic heterocycles. The van der Waals surface area contributed by atoms with Gasteiger partial charge in [-0.2, -0.15) is 0 Å². The Balaban J connectivity index is 1.83. The zero-order chi connectivity index (χ0) is 12.3. The predicted octanol–water partition coefficient (Wildman–Crippen LogP) is 0.981. The number of nitrogens with zero attached hydrogens (tertiary/aromatic N) is 1. The smallest absolute Gasteiger partial charge is 0.225 e. The maximum absolute atomic E-state index is 11.8. The zero-order valence-electron chi connectivity index (χ0n) is 10.1. The highest BCUT2D eigenvalue weighted by Crippen LogP contribution is 2.23. The van der Waals surface area contributed by atoms with Crippen molar-refractivity contribution in [3.8, 4) is 0 Å². The normalized spacial score (nSPS) is 23.9. The molecule has 0 saturated heterocycles. The second kappa shape index (κ2) is 5.31. The zero-order valence-corrected chi connectivity index (χ0v) is 10.1. The standard InChI is InChI=1S/C12H19N3O2/c1-2-8-6-14-11(17-8)7-15-12(16)9-4-3-5-10(9)13/h6,9-10H,2-5,7,13H2,1H3,(H,15,16). The number of oxazole rings is 1. The molecule has 0 radical (unpaired) electrons. The van der Waals surface area contributed by atoms with Gasteiger partial charge in [0.25, 0.3) is 0 Å². The van der Waals surface area contributed by atoms with Crippen molar-refractivity contribution in [1.29, 1.82) is 0 Å². The number of hydrogen-bond acceptors (Lipinski definition) is 4. The van der Waals surface area contributed by atoms with E-state index in [0.29, 0.717) is 12.4 Å². The fourth-order valence-corrected chi connectivity index (χ4v) is 2.20. The molecule has 94 valence electrons. The van der Waals surface area contributed by atoms with Crippen molar-refractivity contribution >= 4 is 5.91 Å². The van der Waals surface area contributed by atoms with Gasteiger partial charge in [-0.05, 0) is 12.8 Å². The molecule has 1 heterocycles. The van der Waals surface area contributed by atoms with Crippen LogP contribution in [0.3, 0.4) is 0 Å². The molecule has 1 saturated carbocycles. The minimum absolute atomic E-state index is 0.00534. The SMILES string of the molecule is CCc1cnc(CNC(=O)C2CCCC2N)o1. The Bertz CT molecular complexity index is 389. The van der Waals surface area contributed by atoms with Gasteiger partial charge in [-0.25, -0.2) is 4.98 Å². The molecule has 17 heavy (non-hydrogen) atoms. The van der Waals surface area contributed by atoms with E-state index in [4.69, 9.17) is 10.2 Å². The predicted molar refractivity (Wildman–Crippen MR) is 63.0 cm³/mol. The van der Waals surface area contributed by atoms with Crippen molar-refractivity contribution in [2.45, 2.75) is 45.2 Å². The third-order valence-corrected chi connectivity index (χ3v) is 3.27. The first-order valence-electron chi connectivity index (χ1n) is 6.17. The van der Waals surface area contributed by atoms with Crippen LogP contribution in [0.2, 0.25) is 0 Å². The monoisotopic (exact) mass is 237 g/mol. The average molecular weight is 237 g/mol. The van der Waals surface area contributed by atoms with E-state index in [0.717, 1.165) is 31.4 Å². The summed E-state index contributed by atoms with van der Waals surface area (Å²) in [7, 11) is 0. The summed E-state index contributed by atoms with van der Waals surface area (Å²) in [5, 5.41) is 2.83. The molecule has 1 aliphatic rings. The van der Waals surface area contributed by atoms with Crippen molar-refractivity contribution < 1.29 is 9.21 Å². The Morgan fingerprint density at radius 2 is 2.47 bits per heavy atom. The van der Waals surface area contributed by atoms with Gasteiger partial charge < -0.3 is 15.5 Å². The number of aromatic nitrogens is 1. The van der Waals surface area contributed by atoms with Crippen LogP contribution in [0.1, 0.15) is 37.8 Å². The third kappa shape index (κ3) is 2.85. The van der Waals surface area contributed by atoms with Gasteiger partial charge in [-0.1, -0.05) is 13.3 Å². The van der Waals surface area contributed by atoms with Crippen LogP contribution in [-0.4, -0.2) is 16.9 Å². The van der Waals surface area contributed by atoms with Crippen molar-refractivity contribution in [2.24, 2.45) is 11.7 Å². The van der Waals surface area contributed by atoms with Crippen molar-refractivity contribution in [3.63, 3.8) is 0 Å². The Labute approximate surface area is 101 Å². The Morgan fingerprint density at radius 3 is 3.06 bits per heavy atom. The van der Waals surface area contributed by atoms with Gasteiger partial charge >= 0.3 is 0 Å². The third-order valence-electron chi connectivity index (χ3n) is 3.27. The number of carbonyl (C=O) groups is 1. The average Bonchev–Trinajstić information content (AvgIpc) is 2.94. The molecule has 1 aromatic rings. The summed E-state index contributed by atoms with van der Waals surface area (Å²) in [6.07, 6.45) is 5.38. The number of amides is 1. The molecule has 0 bridgehead atoms. The van der Waals surface area contributed by atoms with Gasteiger partial charge in [0.15, 0.2) is 0 Å². The Morgan fingerprint density at radius 1 is 1.65 bits per heavy atom. The highest BCUT2D eigenvalue weighted by Gasteiger charge is 2.30. The maximum Gasteiger partial charge on any atom is 0.225 e. The summed E-state index contributed by atoms with van der Waals surface area (Å²) in [5.41, 5.74) is 5.87. The van der Waals surface area contributed by atoms with Crippen LogP contribution in [0, 0.1) is 5.92 Å². The van der Waals surface area contributed by atoms with Crippen LogP contribution in [-0.2, 0) is 17.8 Å². The minimum Gasteiger partial charge on any atom is -0.444 e. The van der Waals surface area contributed by atoms with Gasteiger partial charge in [0.1, 0.15) is 5.76 Å². The fourth-order valence-electron chi connectivity index (χ4n) is 2.20. The van der Waals surface area contributed by atoms with E-state index in [1.807, 2.05) is 6.92 Å². The maximum atomic E-state index is 11.8. The van der Waals surface area contributed by atoms with Crippen molar-refractivity contribution in [1.82, 2.24) is 10.3 Å². The molecule has 3 N–H and O–H groups in total. The second-order valence-corrected chi connectivity index (χ2v) is 4.49. The van der Waals surface area contributed by atoms with Crippen LogP contribution in [0.15, 0.2) is 10.6 Å². The van der Waals surface area contributed by atoms with E-state index in [1.165, 1.54) is 0 Å². The number of nitrogens with two attached hydrogens (primary N) is 1. The number of nitrogens with one attached hydrogen (secondary N) is 1. The lowest BCUT2D eigenvalue weighted by atomic mass is 10.0. The van der Waals surface area contributed by atoms with Crippen LogP contribution in [0.4, 0.5) is 0 Å². The summed E-state index contributed by atoms with van der Waals surface area (Å²) in [6.45, 7) is 2.35. The molecule has 5 heteroatoms. The van der Waals surface area contributed by atoms with Crippen LogP contribution < -0.4 is 11.1 Å². The molecule has 1 aromatic heterocycles. The number of hydrogen-bond donors (Lipinski definition) is 2. The quantitative estimate of drug-likeness (QED) is 0.818. The van der Waals surface area contributed by atoms with Crippen molar-refractivity contribution in [3.05, 3.63) is 17.8 Å². The molecular formula is C12H19N3O2. The van der Waals surface area contributed by atoms with Gasteiger partial charge in [0.2, 0.25) is 11.8 Å². The lowest BCUT2D eigenvalue weighted by Crippen LogP contribution is -2.38. The van der Waals surface area contributed by atoms with Gasteiger partial charge in [0.05, 0.1) is 18.7 Å². The van der Waals surface area contributed by atoms with Gasteiger partial charge in [0, 0.05) is 12.5 Å². The van der Waals surface area contributed by atoms with Crippen LogP contribution >= 0.6 is 0 Å². The number of rotatable bonds is 4. The summed E-state index contributed by atoms with van der Waals surface area (Å²) < 4.78 is 5.42. The molecular weight excluding hydrogens is 218 g/mol. The van der Waals surface area contributed by atoms with Crippen molar-refractivity contribution in [2.75, 3.05) is 0 Å². The number of aryl methyl sites for hydroxylation is 1. The van der Waals surface area contributed by atoms with E-state index in [9.17, 15) is 4.79 Å². The molecule has 1 amide bonds. The van der Waals surface area contributed by atoms with Gasteiger partial charge in [-0.15, -0.1) is 0 Å². The van der Waals surface area contributed by atoms with Gasteiger partial charge in [-0.3, -0.25) is 4.79 Å². The summed E-state index contributed by atoms with van der Waals surface area (Å²) in [6, 6.07) is 0.00534. The highest BCUT2D eigenvalue weighted by atomic mass is 16.4. The minimum atomic E-state index is -0.0457. The number of carbonyl (C=O) groups excluding carboxylic acids is 1. The first-order chi connectivity index (χ1) is 8.20. The summed E-state index contributed by atoms with van der Waals surface area (Å²) in [4.78, 5) is 15.9. The topological polar surface area (TPSA) is 81.2 Å². The molecule has 0 spiro atoms. The van der Waals surface area contributed by atoms with Crippen LogP contribution in [0.25, 0.3) is 0 Å². The largest absolute Gasteiger partial charge is 0.444 e. The Kier molecular flexibility index (Phi) is 3.78. The molecule has 0 aromatic carbocycles. The molecule has 2 rings (SSSR count). The second-order valence-electron chi connectivity index (χ2n) is 4.49. The molecule has 1 fully saturated rings.